The molecule has 0 spiro atoms. The van der Waals surface area contributed by atoms with Crippen molar-refractivity contribution in [2.45, 2.75) is 51.9 Å². The average Bonchev–Trinajstić information content (AvgIpc) is 2.52. The van der Waals surface area contributed by atoms with Gasteiger partial charge in [-0.15, -0.1) is 0 Å². The molecular formula is C17H26N2O. The van der Waals surface area contributed by atoms with Crippen LogP contribution in [0.1, 0.15) is 57.4 Å². The topological polar surface area (TPSA) is 47.6 Å². The quantitative estimate of drug-likeness (QED) is 0.482. The Kier molecular flexibility index (Phi) is 5.90. The fourth-order valence-electron chi connectivity index (χ4n) is 2.85. The molecule has 3 heteroatoms. The van der Waals surface area contributed by atoms with Crippen molar-refractivity contribution in [3.63, 3.8) is 0 Å². The van der Waals surface area contributed by atoms with E-state index in [-0.39, 0.29) is 0 Å². The normalized spacial score (nSPS) is 17.1. The van der Waals surface area contributed by atoms with Gasteiger partial charge in [0.15, 0.2) is 0 Å². The summed E-state index contributed by atoms with van der Waals surface area (Å²) in [5, 5.41) is 3.90. The minimum atomic E-state index is 0.727. The Bertz CT molecular complexity index is 436. The van der Waals surface area contributed by atoms with Crippen molar-refractivity contribution in [1.82, 2.24) is 0 Å². The maximum Gasteiger partial charge on any atom is 0.119 e. The van der Waals surface area contributed by atoms with E-state index in [9.17, 15) is 0 Å². The molecule has 0 unspecified atom stereocenters. The summed E-state index contributed by atoms with van der Waals surface area (Å²) in [6.07, 6.45) is 8.67. The lowest BCUT2D eigenvalue weighted by Crippen LogP contribution is -2.15. The number of nitrogens with two attached hydrogens (primary N) is 1. The van der Waals surface area contributed by atoms with Crippen molar-refractivity contribution in [3.8, 4) is 5.75 Å². The predicted octanol–water partition coefficient (Wildman–Crippen LogP) is 4.11. The summed E-state index contributed by atoms with van der Waals surface area (Å²) >= 11 is 0. The number of hydrogen-bond donors (Lipinski definition) is 1. The highest BCUT2D eigenvalue weighted by atomic mass is 16.5. The van der Waals surface area contributed by atoms with Gasteiger partial charge in [0.2, 0.25) is 0 Å². The zero-order valence-electron chi connectivity index (χ0n) is 12.5. The lowest BCUT2D eigenvalue weighted by atomic mass is 9.90. The Morgan fingerprint density at radius 1 is 1.30 bits per heavy atom. The van der Waals surface area contributed by atoms with Gasteiger partial charge in [0.25, 0.3) is 0 Å². The van der Waals surface area contributed by atoms with Crippen LogP contribution < -0.4 is 10.6 Å². The number of benzene rings is 1. The smallest absolute Gasteiger partial charge is 0.119 e. The third-order valence-electron chi connectivity index (χ3n) is 4.02. The van der Waals surface area contributed by atoms with E-state index >= 15 is 0 Å². The molecule has 0 saturated heterocycles. The van der Waals surface area contributed by atoms with E-state index in [0.29, 0.717) is 0 Å². The van der Waals surface area contributed by atoms with E-state index in [1.54, 1.807) is 0 Å². The first kappa shape index (κ1) is 14.9. The van der Waals surface area contributed by atoms with Gasteiger partial charge in [-0.2, -0.15) is 5.10 Å². The minimum Gasteiger partial charge on any atom is -0.493 e. The number of ether oxygens (including phenoxy) is 1. The van der Waals surface area contributed by atoms with E-state index in [1.165, 1.54) is 32.1 Å². The molecule has 1 fully saturated rings. The van der Waals surface area contributed by atoms with Crippen LogP contribution in [-0.2, 0) is 0 Å². The number of hydrazone groups is 1. The Morgan fingerprint density at radius 2 is 2.10 bits per heavy atom. The molecule has 1 saturated carbocycles. The van der Waals surface area contributed by atoms with Gasteiger partial charge in [0, 0.05) is 5.56 Å². The van der Waals surface area contributed by atoms with Crippen LogP contribution in [0.4, 0.5) is 0 Å². The summed E-state index contributed by atoms with van der Waals surface area (Å²) in [5.41, 5.74) is 2.03. The van der Waals surface area contributed by atoms with E-state index < -0.39 is 0 Å². The molecule has 20 heavy (non-hydrogen) atoms. The Hall–Kier alpha value is -1.51. The summed E-state index contributed by atoms with van der Waals surface area (Å²) in [7, 11) is 0. The van der Waals surface area contributed by atoms with Crippen LogP contribution in [0.2, 0.25) is 0 Å². The van der Waals surface area contributed by atoms with Gasteiger partial charge >= 0.3 is 0 Å². The average molecular weight is 274 g/mol. The van der Waals surface area contributed by atoms with Crippen LogP contribution in [0.5, 0.6) is 5.75 Å². The van der Waals surface area contributed by atoms with Crippen LogP contribution in [0.15, 0.2) is 29.4 Å². The van der Waals surface area contributed by atoms with Crippen LogP contribution in [0.25, 0.3) is 0 Å². The predicted molar refractivity (Wildman–Crippen MR) is 84.1 cm³/mol. The molecule has 2 rings (SSSR count). The highest BCUT2D eigenvalue weighted by Crippen LogP contribution is 2.25. The molecule has 0 heterocycles. The molecule has 0 radical (unpaired) electrons. The second-order valence-electron chi connectivity index (χ2n) is 5.67. The highest BCUT2D eigenvalue weighted by molar-refractivity contribution is 6.00. The third-order valence-corrected chi connectivity index (χ3v) is 4.02. The maximum absolute atomic E-state index is 5.96. The summed E-state index contributed by atoms with van der Waals surface area (Å²) < 4.78 is 5.96. The lowest BCUT2D eigenvalue weighted by molar-refractivity contribution is 0.209. The Labute approximate surface area is 122 Å². The second kappa shape index (κ2) is 7.93. The van der Waals surface area contributed by atoms with Gasteiger partial charge in [0.05, 0.1) is 12.3 Å². The molecule has 1 aliphatic rings. The number of nitrogens with zero attached hydrogens (tertiary/aromatic N) is 1. The Morgan fingerprint density at radius 3 is 2.80 bits per heavy atom. The van der Waals surface area contributed by atoms with E-state index in [1.807, 2.05) is 12.1 Å². The molecule has 2 N–H and O–H groups in total. The first-order chi connectivity index (χ1) is 9.83. The van der Waals surface area contributed by atoms with Crippen molar-refractivity contribution < 1.29 is 4.74 Å². The highest BCUT2D eigenvalue weighted by Gasteiger charge is 2.14. The van der Waals surface area contributed by atoms with Gasteiger partial charge < -0.3 is 10.6 Å². The van der Waals surface area contributed by atoms with Gasteiger partial charge in [-0.05, 0) is 37.3 Å². The third kappa shape index (κ3) is 4.26. The monoisotopic (exact) mass is 274 g/mol. The molecule has 1 aromatic carbocycles. The van der Waals surface area contributed by atoms with Crippen LogP contribution >= 0.6 is 0 Å². The summed E-state index contributed by atoms with van der Waals surface area (Å²) in [6, 6.07) is 8.15. The summed E-state index contributed by atoms with van der Waals surface area (Å²) in [5.74, 6) is 7.14. The van der Waals surface area contributed by atoms with Gasteiger partial charge in [-0.1, -0.05) is 44.7 Å². The number of rotatable bonds is 6. The van der Waals surface area contributed by atoms with Crippen molar-refractivity contribution >= 4 is 5.71 Å². The Balaban J connectivity index is 1.94. The minimum absolute atomic E-state index is 0.727. The molecular weight excluding hydrogens is 248 g/mol. The van der Waals surface area contributed by atoms with Crippen molar-refractivity contribution in [3.05, 3.63) is 29.8 Å². The van der Waals surface area contributed by atoms with E-state index in [4.69, 9.17) is 10.6 Å². The standard InChI is InChI=1S/C17H26N2O/c1-2-7-17(19-18)15-10-6-11-16(12-15)20-13-14-8-4-3-5-9-14/h6,10-12,14H,2-5,7-9,13,18H2,1H3. The molecule has 3 nitrogen and oxygen atoms in total. The molecule has 1 aliphatic carbocycles. The van der Waals surface area contributed by atoms with Gasteiger partial charge in [-0.25, -0.2) is 0 Å². The summed E-state index contributed by atoms with van der Waals surface area (Å²) in [6.45, 7) is 2.97. The molecule has 0 amide bonds. The largest absolute Gasteiger partial charge is 0.493 e. The van der Waals surface area contributed by atoms with Crippen molar-refractivity contribution in [1.29, 1.82) is 0 Å². The van der Waals surface area contributed by atoms with Crippen molar-refractivity contribution in [2.75, 3.05) is 6.61 Å². The van der Waals surface area contributed by atoms with Crippen LogP contribution in [0.3, 0.4) is 0 Å². The molecule has 110 valence electrons. The zero-order valence-corrected chi connectivity index (χ0v) is 12.5. The van der Waals surface area contributed by atoms with E-state index in [0.717, 1.165) is 42.4 Å². The fraction of sp³-hybridized carbons (Fsp3) is 0.588. The SMILES string of the molecule is CCCC(=NN)c1cccc(OCC2CCCCC2)c1. The molecule has 0 bridgehead atoms. The number of hydrogen-bond acceptors (Lipinski definition) is 3. The van der Waals surface area contributed by atoms with Gasteiger partial charge in [0.1, 0.15) is 5.75 Å². The molecule has 0 aliphatic heterocycles. The van der Waals surface area contributed by atoms with Crippen molar-refractivity contribution in [2.24, 2.45) is 16.9 Å². The maximum atomic E-state index is 5.96. The second-order valence-corrected chi connectivity index (χ2v) is 5.67. The van der Waals surface area contributed by atoms with Crippen LogP contribution in [0, 0.1) is 5.92 Å². The first-order valence-corrected chi connectivity index (χ1v) is 7.83. The summed E-state index contributed by atoms with van der Waals surface area (Å²) in [4.78, 5) is 0. The van der Waals surface area contributed by atoms with E-state index in [2.05, 4.69) is 24.2 Å². The molecule has 0 atom stereocenters. The molecule has 0 aromatic heterocycles. The van der Waals surface area contributed by atoms with Crippen LogP contribution in [-0.4, -0.2) is 12.3 Å². The van der Waals surface area contributed by atoms with Gasteiger partial charge in [-0.3, -0.25) is 0 Å². The zero-order chi connectivity index (χ0) is 14.2. The first-order valence-electron chi connectivity index (χ1n) is 7.83. The molecule has 1 aromatic rings. The lowest BCUT2D eigenvalue weighted by Gasteiger charge is -2.21. The fourth-order valence-corrected chi connectivity index (χ4v) is 2.85.